The molecule has 0 bridgehead atoms. The van der Waals surface area contributed by atoms with Crippen molar-refractivity contribution in [2.75, 3.05) is 19.0 Å². The van der Waals surface area contributed by atoms with Gasteiger partial charge in [0.2, 0.25) is 0 Å². The Morgan fingerprint density at radius 3 is 2.80 bits per heavy atom. The average molecular weight is 387 g/mol. The maximum Gasteiger partial charge on any atom is 0.124 e. The Balaban J connectivity index is 2.02. The molecule has 0 aliphatic rings. The van der Waals surface area contributed by atoms with Crippen molar-refractivity contribution in [2.45, 2.75) is 6.10 Å². The van der Waals surface area contributed by atoms with Gasteiger partial charge in [-0.25, -0.2) is 4.39 Å². The molecule has 2 rings (SSSR count). The number of rotatable bonds is 5. The monoisotopic (exact) mass is 387 g/mol. The molecule has 2 aromatic rings. The fourth-order valence-corrected chi connectivity index (χ4v) is 2.47. The van der Waals surface area contributed by atoms with Crippen LogP contribution in [0.15, 0.2) is 42.5 Å². The number of ether oxygens (including phenoxy) is 1. The summed E-state index contributed by atoms with van der Waals surface area (Å²) in [5.74, 6) is 0.436. The minimum Gasteiger partial charge on any atom is -0.497 e. The van der Waals surface area contributed by atoms with E-state index in [2.05, 4.69) is 27.9 Å². The van der Waals surface area contributed by atoms with E-state index in [-0.39, 0.29) is 5.82 Å². The van der Waals surface area contributed by atoms with Crippen molar-refractivity contribution in [2.24, 2.45) is 0 Å². The minimum absolute atomic E-state index is 0.270. The molecule has 20 heavy (non-hydrogen) atoms. The van der Waals surface area contributed by atoms with Crippen molar-refractivity contribution >= 4 is 28.3 Å². The number of aliphatic hydroxyl groups is 1. The highest BCUT2D eigenvalue weighted by atomic mass is 127. The number of methoxy groups -OCH3 is 1. The van der Waals surface area contributed by atoms with E-state index in [0.29, 0.717) is 12.3 Å². The number of hydrogen-bond acceptors (Lipinski definition) is 3. The molecule has 5 heteroatoms. The molecular formula is C15H15FINO2. The number of nitrogens with one attached hydrogen (secondary N) is 1. The summed E-state index contributed by atoms with van der Waals surface area (Å²) in [7, 11) is 1.59. The van der Waals surface area contributed by atoms with E-state index in [1.165, 1.54) is 12.1 Å². The number of aliphatic hydroxyl groups excluding tert-OH is 1. The summed E-state index contributed by atoms with van der Waals surface area (Å²) in [6.07, 6.45) is -0.661. The maximum atomic E-state index is 13.0. The highest BCUT2D eigenvalue weighted by Gasteiger charge is 2.09. The quantitative estimate of drug-likeness (QED) is 0.771. The zero-order chi connectivity index (χ0) is 14.5. The van der Waals surface area contributed by atoms with Crippen molar-refractivity contribution in [3.63, 3.8) is 0 Å². The molecular weight excluding hydrogens is 372 g/mol. The third-order valence-corrected chi connectivity index (χ3v) is 3.79. The average Bonchev–Trinajstić information content (AvgIpc) is 2.46. The van der Waals surface area contributed by atoms with Gasteiger partial charge in [0.1, 0.15) is 11.6 Å². The third kappa shape index (κ3) is 3.83. The second-order valence-corrected chi connectivity index (χ2v) is 5.46. The van der Waals surface area contributed by atoms with Crippen LogP contribution in [0.4, 0.5) is 10.1 Å². The van der Waals surface area contributed by atoms with Crippen LogP contribution in [0.3, 0.4) is 0 Å². The smallest absolute Gasteiger partial charge is 0.124 e. The molecule has 0 saturated heterocycles. The molecule has 0 radical (unpaired) electrons. The van der Waals surface area contributed by atoms with Crippen molar-refractivity contribution in [1.82, 2.24) is 0 Å². The third-order valence-electron chi connectivity index (χ3n) is 2.90. The zero-order valence-corrected chi connectivity index (χ0v) is 13.1. The molecule has 0 aliphatic heterocycles. The highest BCUT2D eigenvalue weighted by Crippen LogP contribution is 2.22. The maximum absolute atomic E-state index is 13.0. The van der Waals surface area contributed by atoms with Crippen molar-refractivity contribution in [3.8, 4) is 5.75 Å². The number of benzene rings is 2. The van der Waals surface area contributed by atoms with E-state index in [9.17, 15) is 9.50 Å². The van der Waals surface area contributed by atoms with Gasteiger partial charge in [0.25, 0.3) is 0 Å². The van der Waals surface area contributed by atoms with Gasteiger partial charge in [0.15, 0.2) is 0 Å². The largest absolute Gasteiger partial charge is 0.497 e. The van der Waals surface area contributed by atoms with E-state index in [4.69, 9.17) is 4.74 Å². The van der Waals surface area contributed by atoms with Gasteiger partial charge >= 0.3 is 0 Å². The Morgan fingerprint density at radius 2 is 2.10 bits per heavy atom. The molecule has 1 atom stereocenters. The topological polar surface area (TPSA) is 41.5 Å². The van der Waals surface area contributed by atoms with Crippen molar-refractivity contribution < 1.29 is 14.2 Å². The Morgan fingerprint density at radius 1 is 1.30 bits per heavy atom. The van der Waals surface area contributed by atoms with E-state index < -0.39 is 6.10 Å². The van der Waals surface area contributed by atoms with Gasteiger partial charge < -0.3 is 15.2 Å². The first-order valence-electron chi connectivity index (χ1n) is 6.11. The van der Waals surface area contributed by atoms with Crippen molar-refractivity contribution in [1.29, 1.82) is 0 Å². The fraction of sp³-hybridized carbons (Fsp3) is 0.200. The van der Waals surface area contributed by atoms with E-state index in [1.807, 2.05) is 18.2 Å². The SMILES string of the molecule is COc1cccc(C(O)CNc2ccc(F)cc2I)c1. The molecule has 0 heterocycles. The lowest BCUT2D eigenvalue weighted by Crippen LogP contribution is -2.13. The highest BCUT2D eigenvalue weighted by molar-refractivity contribution is 14.1. The Hall–Kier alpha value is -1.34. The summed E-state index contributed by atoms with van der Waals surface area (Å²) in [6, 6.07) is 11.8. The molecule has 2 N–H and O–H groups in total. The second-order valence-electron chi connectivity index (χ2n) is 4.30. The van der Waals surface area contributed by atoms with Crippen molar-refractivity contribution in [3.05, 3.63) is 57.4 Å². The molecule has 106 valence electrons. The van der Waals surface area contributed by atoms with Crippen LogP contribution in [0, 0.1) is 9.39 Å². The van der Waals surface area contributed by atoms with Crippen LogP contribution in [-0.2, 0) is 0 Å². The second kappa shape index (κ2) is 6.90. The van der Waals surface area contributed by atoms with Gasteiger partial charge in [-0.2, -0.15) is 0 Å². The van der Waals surface area contributed by atoms with Gasteiger partial charge in [-0.05, 0) is 58.5 Å². The first kappa shape index (κ1) is 15.1. The van der Waals surface area contributed by atoms with E-state index >= 15 is 0 Å². The Kier molecular flexibility index (Phi) is 5.19. The summed E-state index contributed by atoms with van der Waals surface area (Å²) in [6.45, 7) is 0.342. The van der Waals surface area contributed by atoms with Gasteiger partial charge in [-0.3, -0.25) is 0 Å². The lowest BCUT2D eigenvalue weighted by Gasteiger charge is -2.15. The molecule has 2 aromatic carbocycles. The van der Waals surface area contributed by atoms with Crippen LogP contribution >= 0.6 is 22.6 Å². The molecule has 0 saturated carbocycles. The number of anilines is 1. The summed E-state index contributed by atoms with van der Waals surface area (Å²) in [5.41, 5.74) is 1.57. The van der Waals surface area contributed by atoms with E-state index in [1.54, 1.807) is 19.2 Å². The molecule has 0 fully saturated rings. The number of hydrogen-bond donors (Lipinski definition) is 2. The van der Waals surface area contributed by atoms with Gasteiger partial charge in [0, 0.05) is 15.8 Å². The zero-order valence-electron chi connectivity index (χ0n) is 10.9. The fourth-order valence-electron chi connectivity index (χ4n) is 1.81. The lowest BCUT2D eigenvalue weighted by atomic mass is 10.1. The summed E-state index contributed by atoms with van der Waals surface area (Å²) >= 11 is 2.05. The molecule has 0 aliphatic carbocycles. The lowest BCUT2D eigenvalue weighted by molar-refractivity contribution is 0.191. The molecule has 0 amide bonds. The van der Waals surface area contributed by atoms with Gasteiger partial charge in [0.05, 0.1) is 13.2 Å². The van der Waals surface area contributed by atoms with Crippen LogP contribution < -0.4 is 10.1 Å². The predicted molar refractivity (Wildman–Crippen MR) is 85.6 cm³/mol. The van der Waals surface area contributed by atoms with Crippen LogP contribution in [-0.4, -0.2) is 18.8 Å². The number of halogens is 2. The Labute approximate surface area is 130 Å². The minimum atomic E-state index is -0.661. The first-order chi connectivity index (χ1) is 9.60. The van der Waals surface area contributed by atoms with E-state index in [0.717, 1.165) is 14.8 Å². The molecule has 0 spiro atoms. The van der Waals surface area contributed by atoms with Gasteiger partial charge in [-0.15, -0.1) is 0 Å². The van der Waals surface area contributed by atoms with Crippen LogP contribution in [0.5, 0.6) is 5.75 Å². The predicted octanol–water partition coefficient (Wildman–Crippen LogP) is 3.58. The van der Waals surface area contributed by atoms with Crippen LogP contribution in [0.25, 0.3) is 0 Å². The standard InChI is InChI=1S/C15H15FINO2/c1-20-12-4-2-3-10(7-12)15(19)9-18-14-6-5-11(16)8-13(14)17/h2-8,15,18-19H,9H2,1H3. The molecule has 3 nitrogen and oxygen atoms in total. The summed E-state index contributed by atoms with van der Waals surface area (Å²) < 4.78 is 18.9. The summed E-state index contributed by atoms with van der Waals surface area (Å²) in [4.78, 5) is 0. The van der Waals surface area contributed by atoms with Crippen LogP contribution in [0.2, 0.25) is 0 Å². The Bertz CT molecular complexity index is 592. The van der Waals surface area contributed by atoms with Crippen LogP contribution in [0.1, 0.15) is 11.7 Å². The molecule has 1 unspecified atom stereocenters. The molecule has 0 aromatic heterocycles. The van der Waals surface area contributed by atoms with Gasteiger partial charge in [-0.1, -0.05) is 12.1 Å². The normalized spacial score (nSPS) is 12.0. The first-order valence-corrected chi connectivity index (χ1v) is 7.19. The summed E-state index contributed by atoms with van der Waals surface area (Å²) in [5, 5.41) is 13.3.